The number of esters is 1. The van der Waals surface area contributed by atoms with Crippen LogP contribution in [0.5, 0.6) is 11.5 Å². The Hall–Kier alpha value is -3.02. The van der Waals surface area contributed by atoms with E-state index >= 15 is 0 Å². The van der Waals surface area contributed by atoms with E-state index in [1.807, 2.05) is 0 Å². The van der Waals surface area contributed by atoms with E-state index in [1.54, 1.807) is 24.8 Å². The number of fused-ring (bicyclic) bond motifs is 4. The summed E-state index contributed by atoms with van der Waals surface area (Å²) in [7, 11) is 3.08. The lowest BCUT2D eigenvalue weighted by Crippen LogP contribution is -2.53. The summed E-state index contributed by atoms with van der Waals surface area (Å²) >= 11 is 0. The molecule has 3 aliphatic carbocycles. The van der Waals surface area contributed by atoms with Crippen LogP contribution in [0.15, 0.2) is 50.7 Å². The molecule has 1 aromatic heterocycles. The first-order valence-corrected chi connectivity index (χ1v) is 13.9. The van der Waals surface area contributed by atoms with Crippen LogP contribution in [0, 0.1) is 28.6 Å². The van der Waals surface area contributed by atoms with E-state index in [0.717, 1.165) is 38.5 Å². The van der Waals surface area contributed by atoms with Crippen molar-refractivity contribution < 1.29 is 23.4 Å². The van der Waals surface area contributed by atoms with Gasteiger partial charge in [0, 0.05) is 23.1 Å². The van der Waals surface area contributed by atoms with Crippen LogP contribution in [0.3, 0.4) is 0 Å². The minimum atomic E-state index is -0.576. The maximum Gasteiger partial charge on any atom is 0.336 e. The molecule has 38 heavy (non-hydrogen) atoms. The smallest absolute Gasteiger partial charge is 0.336 e. The number of benzene rings is 1. The summed E-state index contributed by atoms with van der Waals surface area (Å²) in [5, 5.41) is 0.661. The van der Waals surface area contributed by atoms with Gasteiger partial charge in [0.05, 0.1) is 19.6 Å². The van der Waals surface area contributed by atoms with Crippen molar-refractivity contribution in [2.45, 2.75) is 72.8 Å². The monoisotopic (exact) mass is 520 g/mol. The first-order valence-electron chi connectivity index (χ1n) is 13.9. The summed E-state index contributed by atoms with van der Waals surface area (Å²) in [6.45, 7) is 9.06. The molecular formula is C32H40O6. The van der Waals surface area contributed by atoms with Gasteiger partial charge in [-0.1, -0.05) is 44.9 Å². The van der Waals surface area contributed by atoms with E-state index in [9.17, 15) is 9.59 Å². The number of hydrogen-bond donors (Lipinski definition) is 0. The average molecular weight is 521 g/mol. The predicted molar refractivity (Wildman–Crippen MR) is 147 cm³/mol. The maximum absolute atomic E-state index is 13.8. The summed E-state index contributed by atoms with van der Waals surface area (Å²) in [4.78, 5) is 26.1. The molecule has 0 spiro atoms. The number of allylic oxidation sites excluding steroid dienone is 4. The number of hydrogen-bond acceptors (Lipinski definition) is 6. The lowest BCUT2D eigenvalue weighted by molar-refractivity contribution is -0.170. The largest absolute Gasteiger partial charge is 0.493 e. The summed E-state index contributed by atoms with van der Waals surface area (Å²) < 4.78 is 22.2. The molecule has 1 heterocycles. The number of carbonyl (C=O) groups excluding carboxylic acids is 1. The van der Waals surface area contributed by atoms with Crippen molar-refractivity contribution >= 4 is 16.9 Å². The van der Waals surface area contributed by atoms with Crippen LogP contribution in [0.2, 0.25) is 0 Å². The van der Waals surface area contributed by atoms with E-state index in [2.05, 4.69) is 39.8 Å². The van der Waals surface area contributed by atoms with Crippen LogP contribution in [0.4, 0.5) is 0 Å². The van der Waals surface area contributed by atoms with Gasteiger partial charge < -0.3 is 18.6 Å². The predicted octanol–water partition coefficient (Wildman–Crippen LogP) is 6.99. The molecule has 4 atom stereocenters. The fourth-order valence-electron chi connectivity index (χ4n) is 7.57. The van der Waals surface area contributed by atoms with Gasteiger partial charge in [0.1, 0.15) is 12.2 Å². The molecule has 0 N–H and O–H groups in total. The summed E-state index contributed by atoms with van der Waals surface area (Å²) in [6, 6.07) is 4.78. The first kappa shape index (κ1) is 26.6. The van der Waals surface area contributed by atoms with Crippen LogP contribution in [0.1, 0.15) is 71.8 Å². The van der Waals surface area contributed by atoms with Crippen LogP contribution in [-0.2, 0) is 16.1 Å². The quantitative estimate of drug-likeness (QED) is 0.302. The molecule has 5 rings (SSSR count). The van der Waals surface area contributed by atoms with Crippen LogP contribution in [-0.4, -0.2) is 20.2 Å². The van der Waals surface area contributed by atoms with Gasteiger partial charge in [0.25, 0.3) is 0 Å². The lowest BCUT2D eigenvalue weighted by Gasteiger charge is -2.57. The Balaban J connectivity index is 1.42. The van der Waals surface area contributed by atoms with E-state index in [4.69, 9.17) is 18.6 Å². The standard InChI is InChI=1S/C32H40O6/c1-19(2)20-8-10-24-21(14-20)9-11-28-31(24,3)12-7-13-32(28,4)30(34)37-18-22-15-29(33)38-25-17-27(36-6)26(35-5)16-23(22)25/h9,14-17,19,24,28H,7-8,10-13,18H2,1-6H3. The highest BCUT2D eigenvalue weighted by Crippen LogP contribution is 2.62. The summed E-state index contributed by atoms with van der Waals surface area (Å²) in [5.41, 5.74) is 2.98. The van der Waals surface area contributed by atoms with Gasteiger partial charge in [-0.3, -0.25) is 4.79 Å². The topological polar surface area (TPSA) is 75.0 Å². The van der Waals surface area contributed by atoms with E-state index in [1.165, 1.54) is 18.7 Å². The Labute approximate surface area is 225 Å². The average Bonchev–Trinajstić information content (AvgIpc) is 2.90. The Morgan fingerprint density at radius 1 is 1.11 bits per heavy atom. The zero-order chi connectivity index (χ0) is 27.2. The van der Waals surface area contributed by atoms with Crippen molar-refractivity contribution in [3.8, 4) is 11.5 Å². The van der Waals surface area contributed by atoms with Crippen molar-refractivity contribution in [3.63, 3.8) is 0 Å². The third-order valence-corrected chi connectivity index (χ3v) is 9.74. The van der Waals surface area contributed by atoms with E-state index < -0.39 is 11.0 Å². The second kappa shape index (κ2) is 9.94. The molecule has 204 valence electrons. The minimum absolute atomic E-state index is 0.000441. The summed E-state index contributed by atoms with van der Waals surface area (Å²) in [6.07, 6.45) is 11.0. The Morgan fingerprint density at radius 2 is 1.84 bits per heavy atom. The molecule has 3 aliphatic rings. The highest BCUT2D eigenvalue weighted by atomic mass is 16.5. The van der Waals surface area contributed by atoms with Crippen molar-refractivity contribution in [1.82, 2.24) is 0 Å². The molecule has 2 aromatic rings. The third kappa shape index (κ3) is 4.36. The van der Waals surface area contributed by atoms with Gasteiger partial charge in [-0.25, -0.2) is 4.79 Å². The number of rotatable bonds is 6. The van der Waals surface area contributed by atoms with Gasteiger partial charge in [-0.2, -0.15) is 0 Å². The molecule has 1 aromatic carbocycles. The van der Waals surface area contributed by atoms with Gasteiger partial charge in [0.2, 0.25) is 0 Å². The SMILES string of the molecule is COc1cc2oc(=O)cc(COC(=O)C3(C)CCCC4(C)C5CCC(C(C)C)=CC5=CCC34)c2cc1OC. The van der Waals surface area contributed by atoms with Crippen molar-refractivity contribution in [2.24, 2.45) is 28.6 Å². The second-order valence-electron chi connectivity index (χ2n) is 12.1. The molecule has 0 bridgehead atoms. The van der Waals surface area contributed by atoms with Crippen LogP contribution < -0.4 is 15.1 Å². The second-order valence-corrected chi connectivity index (χ2v) is 12.1. The van der Waals surface area contributed by atoms with Crippen molar-refractivity contribution in [1.29, 1.82) is 0 Å². The molecular weight excluding hydrogens is 480 g/mol. The minimum Gasteiger partial charge on any atom is -0.493 e. The molecule has 0 aliphatic heterocycles. The van der Waals surface area contributed by atoms with E-state index in [0.29, 0.717) is 39.9 Å². The fraction of sp³-hybridized carbons (Fsp3) is 0.562. The highest BCUT2D eigenvalue weighted by Gasteiger charge is 2.57. The third-order valence-electron chi connectivity index (χ3n) is 9.74. The van der Waals surface area contributed by atoms with E-state index in [-0.39, 0.29) is 23.9 Å². The van der Waals surface area contributed by atoms with Gasteiger partial charge in [-0.05, 0) is 73.8 Å². The zero-order valence-corrected chi connectivity index (χ0v) is 23.5. The number of methoxy groups -OCH3 is 2. The van der Waals surface area contributed by atoms with Gasteiger partial charge in [-0.15, -0.1) is 0 Å². The number of ether oxygens (including phenoxy) is 3. The maximum atomic E-state index is 13.8. The zero-order valence-electron chi connectivity index (χ0n) is 23.5. The first-order chi connectivity index (χ1) is 18.1. The van der Waals surface area contributed by atoms with Gasteiger partial charge >= 0.3 is 11.6 Å². The number of carbonyl (C=O) groups is 1. The Bertz CT molecular complexity index is 1360. The Morgan fingerprint density at radius 3 is 2.55 bits per heavy atom. The van der Waals surface area contributed by atoms with Crippen molar-refractivity contribution in [2.75, 3.05) is 14.2 Å². The fourth-order valence-corrected chi connectivity index (χ4v) is 7.57. The normalized spacial score (nSPS) is 28.7. The van der Waals surface area contributed by atoms with Crippen molar-refractivity contribution in [3.05, 3.63) is 57.5 Å². The molecule has 1 fully saturated rings. The molecule has 0 saturated heterocycles. The molecule has 4 unspecified atom stereocenters. The molecule has 6 heteroatoms. The van der Waals surface area contributed by atoms with Crippen LogP contribution in [0.25, 0.3) is 11.0 Å². The molecule has 0 radical (unpaired) electrons. The molecule has 1 saturated carbocycles. The van der Waals surface area contributed by atoms with Crippen LogP contribution >= 0.6 is 0 Å². The lowest BCUT2D eigenvalue weighted by atomic mass is 9.47. The van der Waals surface area contributed by atoms with Gasteiger partial charge in [0.15, 0.2) is 11.5 Å². The summed E-state index contributed by atoms with van der Waals surface area (Å²) in [5.74, 6) is 2.09. The molecule has 6 nitrogen and oxygen atoms in total. The highest BCUT2D eigenvalue weighted by molar-refractivity contribution is 5.84. The Kier molecular flexibility index (Phi) is 6.95. The molecule has 0 amide bonds.